The fourth-order valence-electron chi connectivity index (χ4n) is 2.29. The molecule has 2 aromatic heterocycles. The Kier molecular flexibility index (Phi) is 4.04. The van der Waals surface area contributed by atoms with Crippen molar-refractivity contribution in [2.45, 2.75) is 6.92 Å². The third-order valence-electron chi connectivity index (χ3n) is 3.35. The highest BCUT2D eigenvalue weighted by atomic mass is 79.9. The summed E-state index contributed by atoms with van der Waals surface area (Å²) in [6.07, 6.45) is 3.52. The van der Waals surface area contributed by atoms with E-state index in [-0.39, 0.29) is 17.0 Å². The molecule has 5 nitrogen and oxygen atoms in total. The molecule has 3 aromatic rings. The number of hydrogen-bond donors (Lipinski definition) is 1. The summed E-state index contributed by atoms with van der Waals surface area (Å²) in [5.41, 5.74) is 1.11. The van der Waals surface area contributed by atoms with Gasteiger partial charge in [-0.05, 0) is 43.3 Å². The van der Waals surface area contributed by atoms with Crippen molar-refractivity contribution in [3.8, 4) is 12.0 Å². The van der Waals surface area contributed by atoms with Gasteiger partial charge in [0.1, 0.15) is 23.0 Å². The van der Waals surface area contributed by atoms with Crippen molar-refractivity contribution in [1.82, 2.24) is 4.57 Å². The molecule has 0 aliphatic heterocycles. The first-order chi connectivity index (χ1) is 11.1. The van der Waals surface area contributed by atoms with Crippen molar-refractivity contribution in [3.63, 3.8) is 0 Å². The van der Waals surface area contributed by atoms with Crippen LogP contribution < -0.4 is 5.32 Å². The van der Waals surface area contributed by atoms with E-state index >= 15 is 0 Å². The lowest BCUT2D eigenvalue weighted by Gasteiger charge is -2.04. The van der Waals surface area contributed by atoms with Gasteiger partial charge in [0.25, 0.3) is 5.91 Å². The highest BCUT2D eigenvalue weighted by Gasteiger charge is 2.24. The van der Waals surface area contributed by atoms with Gasteiger partial charge in [0.2, 0.25) is 5.88 Å². The second kappa shape index (κ2) is 6.15. The molecule has 0 saturated heterocycles. The average Bonchev–Trinajstić information content (AvgIpc) is 3.16. The van der Waals surface area contributed by atoms with Gasteiger partial charge in [-0.15, -0.1) is 0 Å². The number of halogens is 1. The van der Waals surface area contributed by atoms with Gasteiger partial charge in [-0.2, -0.15) is 5.26 Å². The minimum Gasteiger partial charge on any atom is -0.443 e. The van der Waals surface area contributed by atoms with Gasteiger partial charge in [-0.25, -0.2) is 0 Å². The number of aryl methyl sites for hydroxylation is 1. The van der Waals surface area contributed by atoms with Crippen molar-refractivity contribution >= 4 is 27.5 Å². The summed E-state index contributed by atoms with van der Waals surface area (Å²) in [5.74, 6) is 0.374. The Morgan fingerprint density at radius 1 is 1.26 bits per heavy atom. The van der Waals surface area contributed by atoms with E-state index in [1.54, 1.807) is 36.0 Å². The van der Waals surface area contributed by atoms with Gasteiger partial charge >= 0.3 is 0 Å². The average molecular weight is 370 g/mol. The number of carbonyl (C=O) groups excluding carboxylic acids is 1. The zero-order chi connectivity index (χ0) is 16.4. The minimum absolute atomic E-state index is 0.216. The van der Waals surface area contributed by atoms with Crippen LogP contribution in [0.4, 0.5) is 5.69 Å². The first kappa shape index (κ1) is 15.1. The molecule has 1 N–H and O–H groups in total. The molecule has 2 heterocycles. The van der Waals surface area contributed by atoms with Crippen LogP contribution in [-0.2, 0) is 0 Å². The van der Waals surface area contributed by atoms with E-state index in [2.05, 4.69) is 27.3 Å². The smallest absolute Gasteiger partial charge is 0.260 e. The van der Waals surface area contributed by atoms with Crippen LogP contribution in [0.5, 0.6) is 0 Å². The zero-order valence-corrected chi connectivity index (χ0v) is 13.8. The number of carbonyl (C=O) groups is 1. The summed E-state index contributed by atoms with van der Waals surface area (Å²) < 4.78 is 8.22. The molecule has 0 saturated carbocycles. The molecule has 0 aliphatic carbocycles. The molecule has 0 unspecified atom stereocenters. The van der Waals surface area contributed by atoms with Gasteiger partial charge in [-0.3, -0.25) is 9.36 Å². The first-order valence-electron chi connectivity index (χ1n) is 6.84. The van der Waals surface area contributed by atoms with E-state index in [9.17, 15) is 10.1 Å². The van der Waals surface area contributed by atoms with Crippen LogP contribution in [0.1, 0.15) is 21.7 Å². The normalized spacial score (nSPS) is 10.3. The number of nitrogens with one attached hydrogen (secondary N) is 1. The Morgan fingerprint density at radius 2 is 1.91 bits per heavy atom. The van der Waals surface area contributed by atoms with Crippen LogP contribution in [0, 0.1) is 18.3 Å². The number of amides is 1. The Hall–Kier alpha value is -2.78. The standard InChI is InChI=1S/C17H12BrN3O2/c1-11-15(16(22)20-13-6-4-12(18)5-7-13)14(10-19)17(23-11)21-8-2-3-9-21/h2-9H,1H3,(H,20,22). The number of hydrogen-bond acceptors (Lipinski definition) is 3. The lowest BCUT2D eigenvalue weighted by atomic mass is 10.1. The maximum atomic E-state index is 12.5. The van der Waals surface area contributed by atoms with E-state index in [0.29, 0.717) is 17.3 Å². The minimum atomic E-state index is -0.372. The molecule has 0 spiro atoms. The predicted octanol–water partition coefficient (Wildman–Crippen LogP) is 4.27. The topological polar surface area (TPSA) is 71.0 Å². The summed E-state index contributed by atoms with van der Waals surface area (Å²) in [5, 5.41) is 12.2. The molecule has 0 fully saturated rings. The summed E-state index contributed by atoms with van der Waals surface area (Å²) in [7, 11) is 0. The number of aromatic nitrogens is 1. The highest BCUT2D eigenvalue weighted by molar-refractivity contribution is 9.10. The van der Waals surface area contributed by atoms with E-state index in [1.165, 1.54) is 0 Å². The number of anilines is 1. The number of nitrogens with zero attached hydrogens (tertiary/aromatic N) is 2. The van der Waals surface area contributed by atoms with Gasteiger partial charge < -0.3 is 9.73 Å². The van der Waals surface area contributed by atoms with Crippen LogP contribution in [0.2, 0.25) is 0 Å². The van der Waals surface area contributed by atoms with Gasteiger partial charge in [0.05, 0.1) is 0 Å². The van der Waals surface area contributed by atoms with Crippen molar-refractivity contribution in [3.05, 3.63) is 70.2 Å². The second-order valence-electron chi connectivity index (χ2n) is 4.88. The molecule has 3 rings (SSSR count). The van der Waals surface area contributed by atoms with E-state index in [4.69, 9.17) is 4.42 Å². The van der Waals surface area contributed by atoms with Crippen molar-refractivity contribution < 1.29 is 9.21 Å². The molecule has 0 bridgehead atoms. The van der Waals surface area contributed by atoms with Crippen molar-refractivity contribution in [2.24, 2.45) is 0 Å². The molecule has 6 heteroatoms. The third kappa shape index (κ3) is 2.91. The van der Waals surface area contributed by atoms with Crippen LogP contribution in [0.3, 0.4) is 0 Å². The molecule has 0 radical (unpaired) electrons. The fraction of sp³-hybridized carbons (Fsp3) is 0.0588. The van der Waals surface area contributed by atoms with E-state index in [1.807, 2.05) is 24.3 Å². The molecule has 0 aliphatic rings. The van der Waals surface area contributed by atoms with Gasteiger partial charge in [0.15, 0.2) is 0 Å². The highest BCUT2D eigenvalue weighted by Crippen LogP contribution is 2.26. The maximum Gasteiger partial charge on any atom is 0.260 e. The first-order valence-corrected chi connectivity index (χ1v) is 7.63. The van der Waals surface area contributed by atoms with Crippen molar-refractivity contribution in [2.75, 3.05) is 5.32 Å². The lowest BCUT2D eigenvalue weighted by Crippen LogP contribution is -2.13. The summed E-state index contributed by atoms with van der Waals surface area (Å²) in [6, 6.07) is 12.9. The Bertz CT molecular complexity index is 887. The van der Waals surface area contributed by atoms with Crippen LogP contribution in [0.15, 0.2) is 57.7 Å². The Balaban J connectivity index is 1.98. The second-order valence-corrected chi connectivity index (χ2v) is 5.79. The molecule has 0 atom stereocenters. The maximum absolute atomic E-state index is 12.5. The molecular weight excluding hydrogens is 358 g/mol. The molecule has 114 valence electrons. The lowest BCUT2D eigenvalue weighted by molar-refractivity contribution is 0.102. The van der Waals surface area contributed by atoms with Crippen LogP contribution >= 0.6 is 15.9 Å². The fourth-order valence-corrected chi connectivity index (χ4v) is 2.55. The predicted molar refractivity (Wildman–Crippen MR) is 89.6 cm³/mol. The van der Waals surface area contributed by atoms with Gasteiger partial charge in [-0.1, -0.05) is 15.9 Å². The van der Waals surface area contributed by atoms with Crippen LogP contribution in [-0.4, -0.2) is 10.5 Å². The number of furan rings is 1. The monoisotopic (exact) mass is 369 g/mol. The number of benzene rings is 1. The van der Waals surface area contributed by atoms with Gasteiger partial charge in [0, 0.05) is 22.6 Å². The summed E-state index contributed by atoms with van der Waals surface area (Å²) >= 11 is 3.34. The van der Waals surface area contributed by atoms with Crippen LogP contribution in [0.25, 0.3) is 5.88 Å². The number of rotatable bonds is 3. The molecule has 23 heavy (non-hydrogen) atoms. The summed E-state index contributed by atoms with van der Waals surface area (Å²) in [6.45, 7) is 1.67. The van der Waals surface area contributed by atoms with E-state index < -0.39 is 0 Å². The Morgan fingerprint density at radius 3 is 2.52 bits per heavy atom. The quantitative estimate of drug-likeness (QED) is 0.749. The largest absolute Gasteiger partial charge is 0.443 e. The molecule has 1 amide bonds. The Labute approximate surface area is 141 Å². The molecular formula is C17H12BrN3O2. The SMILES string of the molecule is Cc1oc(-n2cccc2)c(C#N)c1C(=O)Nc1ccc(Br)cc1. The zero-order valence-electron chi connectivity index (χ0n) is 12.2. The molecule has 1 aromatic carbocycles. The van der Waals surface area contributed by atoms with Crippen molar-refractivity contribution in [1.29, 1.82) is 5.26 Å². The van der Waals surface area contributed by atoms with E-state index in [0.717, 1.165) is 4.47 Å². The number of nitriles is 1. The third-order valence-corrected chi connectivity index (χ3v) is 3.87. The summed E-state index contributed by atoms with van der Waals surface area (Å²) in [4.78, 5) is 12.5.